The molecular formula is C16H16F2N4O. The molecule has 0 amide bonds. The first kappa shape index (κ1) is 14.3. The number of halogens is 2. The van der Waals surface area contributed by atoms with Crippen LogP contribution in [0.4, 0.5) is 20.4 Å². The van der Waals surface area contributed by atoms with Crippen LogP contribution in [0.1, 0.15) is 17.7 Å². The molecule has 1 aliphatic carbocycles. The molecule has 1 fully saturated rings. The lowest BCUT2D eigenvalue weighted by Gasteiger charge is -2.36. The molecule has 0 saturated carbocycles. The summed E-state index contributed by atoms with van der Waals surface area (Å²) in [6.07, 6.45) is -0.462. The lowest BCUT2D eigenvalue weighted by Crippen LogP contribution is -2.51. The van der Waals surface area contributed by atoms with Crippen molar-refractivity contribution in [3.63, 3.8) is 0 Å². The molecule has 4 rings (SSSR count). The zero-order chi connectivity index (χ0) is 16.2. The van der Waals surface area contributed by atoms with Gasteiger partial charge in [0.15, 0.2) is 0 Å². The largest absolute Gasteiger partial charge is 0.399 e. The minimum Gasteiger partial charge on any atom is -0.399 e. The van der Waals surface area contributed by atoms with Crippen molar-refractivity contribution in [1.82, 2.24) is 9.97 Å². The Bertz CT molecular complexity index is 775. The lowest BCUT2D eigenvalue weighted by molar-refractivity contribution is -0.00596. The maximum Gasteiger partial charge on any atom is 0.290 e. The fourth-order valence-corrected chi connectivity index (χ4v) is 3.10. The van der Waals surface area contributed by atoms with Crippen LogP contribution in [-0.4, -0.2) is 34.3 Å². The molecule has 0 unspecified atom stereocenters. The highest BCUT2D eigenvalue weighted by atomic mass is 19.3. The third-order valence-corrected chi connectivity index (χ3v) is 4.34. The molecule has 2 heterocycles. The topological polar surface area (TPSA) is 75.3 Å². The van der Waals surface area contributed by atoms with Crippen molar-refractivity contribution in [3.8, 4) is 11.3 Å². The first-order valence-corrected chi connectivity index (χ1v) is 7.52. The van der Waals surface area contributed by atoms with Gasteiger partial charge in [-0.05, 0) is 18.6 Å². The number of fused-ring (bicyclic) bond motifs is 1. The van der Waals surface area contributed by atoms with Gasteiger partial charge in [0.1, 0.15) is 5.69 Å². The van der Waals surface area contributed by atoms with Crippen LogP contribution in [-0.2, 0) is 12.3 Å². The first-order valence-electron chi connectivity index (χ1n) is 7.52. The third kappa shape index (κ3) is 2.31. The van der Waals surface area contributed by atoms with Gasteiger partial charge in [-0.15, -0.1) is 0 Å². The number of nitrogen functional groups attached to an aromatic ring is 1. The number of anilines is 2. The maximum absolute atomic E-state index is 14.2. The van der Waals surface area contributed by atoms with E-state index in [9.17, 15) is 13.9 Å². The number of benzene rings is 1. The number of hydrogen-bond acceptors (Lipinski definition) is 5. The van der Waals surface area contributed by atoms with Crippen LogP contribution in [0, 0.1) is 0 Å². The van der Waals surface area contributed by atoms with Gasteiger partial charge >= 0.3 is 0 Å². The van der Waals surface area contributed by atoms with Crippen LogP contribution in [0.5, 0.6) is 0 Å². The van der Waals surface area contributed by atoms with E-state index >= 15 is 0 Å². The normalized spacial score (nSPS) is 19.5. The molecule has 23 heavy (non-hydrogen) atoms. The van der Waals surface area contributed by atoms with Crippen molar-refractivity contribution < 1.29 is 13.9 Å². The van der Waals surface area contributed by atoms with E-state index in [1.165, 1.54) is 0 Å². The van der Waals surface area contributed by atoms with Gasteiger partial charge < -0.3 is 15.7 Å². The van der Waals surface area contributed by atoms with Gasteiger partial charge in [-0.2, -0.15) is 8.78 Å². The monoisotopic (exact) mass is 318 g/mol. The first-order chi connectivity index (χ1) is 10.9. The van der Waals surface area contributed by atoms with Crippen LogP contribution in [0.2, 0.25) is 0 Å². The molecule has 7 heteroatoms. The predicted octanol–water partition coefficient (Wildman–Crippen LogP) is 1.94. The van der Waals surface area contributed by atoms with Crippen molar-refractivity contribution >= 4 is 11.6 Å². The Morgan fingerprint density at radius 1 is 1.26 bits per heavy atom. The molecule has 0 bridgehead atoms. The quantitative estimate of drug-likeness (QED) is 0.828. The number of alkyl halides is 2. The number of aliphatic hydroxyl groups is 1. The maximum atomic E-state index is 14.2. The van der Waals surface area contributed by atoms with Gasteiger partial charge in [-0.1, -0.05) is 12.1 Å². The Balaban J connectivity index is 1.87. The summed E-state index contributed by atoms with van der Waals surface area (Å²) in [5.41, 5.74) is 7.89. The highest BCUT2D eigenvalue weighted by Crippen LogP contribution is 2.44. The average molecular weight is 318 g/mol. The second-order valence-corrected chi connectivity index (χ2v) is 6.09. The molecule has 120 valence electrons. The number of β-amino-alcohol motifs (C(OH)–C–C–N with tert-alkyl or cyclic N) is 1. The number of rotatable bonds is 2. The number of aromatic nitrogens is 2. The van der Waals surface area contributed by atoms with Crippen LogP contribution in [0.15, 0.2) is 24.3 Å². The van der Waals surface area contributed by atoms with E-state index in [1.54, 1.807) is 23.1 Å². The van der Waals surface area contributed by atoms with E-state index in [0.29, 0.717) is 35.6 Å². The molecule has 2 aliphatic rings. The van der Waals surface area contributed by atoms with Crippen molar-refractivity contribution in [1.29, 1.82) is 0 Å². The zero-order valence-electron chi connectivity index (χ0n) is 12.3. The second kappa shape index (κ2) is 4.86. The Labute approximate surface area is 131 Å². The molecule has 1 saturated heterocycles. The van der Waals surface area contributed by atoms with Gasteiger partial charge in [0.25, 0.3) is 5.92 Å². The predicted molar refractivity (Wildman–Crippen MR) is 82.3 cm³/mol. The molecule has 3 N–H and O–H groups in total. The summed E-state index contributed by atoms with van der Waals surface area (Å²) in [4.78, 5) is 10.3. The highest BCUT2D eigenvalue weighted by Gasteiger charge is 2.44. The summed E-state index contributed by atoms with van der Waals surface area (Å²) < 4.78 is 28.3. The molecule has 1 aromatic heterocycles. The molecule has 0 radical (unpaired) electrons. The van der Waals surface area contributed by atoms with Crippen molar-refractivity contribution in [2.24, 2.45) is 0 Å². The third-order valence-electron chi connectivity index (χ3n) is 4.34. The summed E-state index contributed by atoms with van der Waals surface area (Å²) >= 11 is 0. The van der Waals surface area contributed by atoms with E-state index < -0.39 is 12.0 Å². The Morgan fingerprint density at radius 3 is 2.74 bits per heavy atom. The lowest BCUT2D eigenvalue weighted by atomic mass is 10.0. The number of nitrogens with zero attached hydrogens (tertiary/aromatic N) is 3. The van der Waals surface area contributed by atoms with Gasteiger partial charge in [0.2, 0.25) is 5.95 Å². The van der Waals surface area contributed by atoms with E-state index in [-0.39, 0.29) is 24.5 Å². The van der Waals surface area contributed by atoms with Gasteiger partial charge in [0.05, 0.1) is 11.8 Å². The van der Waals surface area contributed by atoms with Crippen molar-refractivity contribution in [3.05, 3.63) is 35.5 Å². The molecule has 0 atom stereocenters. The number of nitrogens with two attached hydrogens (primary N) is 1. The van der Waals surface area contributed by atoms with Crippen LogP contribution < -0.4 is 10.6 Å². The molecular weight excluding hydrogens is 302 g/mol. The summed E-state index contributed by atoms with van der Waals surface area (Å²) in [7, 11) is 0. The van der Waals surface area contributed by atoms with Crippen molar-refractivity contribution in [2.45, 2.75) is 24.9 Å². The van der Waals surface area contributed by atoms with E-state index in [1.807, 2.05) is 6.07 Å². The molecule has 1 aromatic carbocycles. The fourth-order valence-electron chi connectivity index (χ4n) is 3.10. The van der Waals surface area contributed by atoms with E-state index in [4.69, 9.17) is 5.73 Å². The Kier molecular flexibility index (Phi) is 3.02. The minimum absolute atomic E-state index is 0.193. The molecule has 0 spiro atoms. The van der Waals surface area contributed by atoms with Gasteiger partial charge in [-0.3, -0.25) is 0 Å². The number of hydrogen-bond donors (Lipinski definition) is 2. The van der Waals surface area contributed by atoms with Crippen LogP contribution in [0.25, 0.3) is 11.3 Å². The summed E-state index contributed by atoms with van der Waals surface area (Å²) in [6, 6.07) is 7.06. The highest BCUT2D eigenvalue weighted by molar-refractivity contribution is 5.70. The standard InChI is InChI=1S/C16H16F2N4O/c17-16(18)5-4-12-13(9-2-1-3-10(19)6-9)20-15(21-14(12)16)22-7-11(23)8-22/h1-3,6,11,23H,4-5,7-8,19H2. The van der Waals surface area contributed by atoms with Gasteiger partial charge in [-0.25, -0.2) is 9.97 Å². The minimum atomic E-state index is -2.94. The number of aliphatic hydroxyl groups excluding tert-OH is 1. The van der Waals surface area contributed by atoms with E-state index in [0.717, 1.165) is 0 Å². The molecule has 5 nitrogen and oxygen atoms in total. The fraction of sp³-hybridized carbons (Fsp3) is 0.375. The summed E-state index contributed by atoms with van der Waals surface area (Å²) in [5.74, 6) is -2.70. The zero-order valence-corrected chi connectivity index (χ0v) is 12.3. The average Bonchev–Trinajstić information content (AvgIpc) is 2.79. The van der Waals surface area contributed by atoms with Crippen LogP contribution in [0.3, 0.4) is 0 Å². The SMILES string of the molecule is Nc1cccc(-c2nc(N3CC(O)C3)nc3c2CCC3(F)F)c1. The van der Waals surface area contributed by atoms with Gasteiger partial charge in [0, 0.05) is 36.3 Å². The summed E-state index contributed by atoms with van der Waals surface area (Å²) in [5, 5.41) is 9.44. The van der Waals surface area contributed by atoms with E-state index in [2.05, 4.69) is 9.97 Å². The second-order valence-electron chi connectivity index (χ2n) is 6.09. The van der Waals surface area contributed by atoms with Crippen molar-refractivity contribution in [2.75, 3.05) is 23.7 Å². The smallest absolute Gasteiger partial charge is 0.290 e. The summed E-state index contributed by atoms with van der Waals surface area (Å²) in [6.45, 7) is 0.724. The Hall–Kier alpha value is -2.28. The molecule has 2 aromatic rings. The molecule has 1 aliphatic heterocycles. The Morgan fingerprint density at radius 2 is 2.04 bits per heavy atom. The van der Waals surface area contributed by atoms with Crippen LogP contribution >= 0.6 is 0 Å².